The summed E-state index contributed by atoms with van der Waals surface area (Å²) in [5, 5.41) is 0. The molecule has 0 radical (unpaired) electrons. The number of hydrogen-bond acceptors (Lipinski definition) is 1. The molecule has 0 atom stereocenters. The fourth-order valence-electron chi connectivity index (χ4n) is 1.90. The van der Waals surface area contributed by atoms with Crippen molar-refractivity contribution in [2.75, 3.05) is 0 Å². The van der Waals surface area contributed by atoms with Crippen molar-refractivity contribution >= 4 is 21.7 Å². The summed E-state index contributed by atoms with van der Waals surface area (Å²) >= 11 is 3.38. The van der Waals surface area contributed by atoms with E-state index in [1.54, 1.807) is 0 Å². The van der Waals surface area contributed by atoms with Crippen molar-refractivity contribution < 1.29 is 4.79 Å². The second-order valence-corrected chi connectivity index (χ2v) is 5.13. The molecular formula is C15H13BrO. The van der Waals surface area contributed by atoms with Crippen LogP contribution in [0.25, 0.3) is 0 Å². The van der Waals surface area contributed by atoms with Gasteiger partial charge in [0.15, 0.2) is 5.78 Å². The topological polar surface area (TPSA) is 17.1 Å². The van der Waals surface area contributed by atoms with Crippen LogP contribution in [0.1, 0.15) is 27.0 Å². The molecule has 2 heteroatoms. The molecule has 0 amide bonds. The molecule has 17 heavy (non-hydrogen) atoms. The number of carbonyl (C=O) groups excluding carboxylic acids is 1. The van der Waals surface area contributed by atoms with Crippen molar-refractivity contribution in [2.45, 2.75) is 13.8 Å². The number of halogens is 1. The highest BCUT2D eigenvalue weighted by Gasteiger charge is 2.09. The first-order valence-corrected chi connectivity index (χ1v) is 6.24. The molecule has 0 heterocycles. The van der Waals surface area contributed by atoms with E-state index in [4.69, 9.17) is 0 Å². The van der Waals surface area contributed by atoms with Gasteiger partial charge in [-0.2, -0.15) is 0 Å². The fourth-order valence-corrected chi connectivity index (χ4v) is 2.30. The maximum atomic E-state index is 12.3. The van der Waals surface area contributed by atoms with E-state index in [-0.39, 0.29) is 5.78 Å². The molecule has 0 aliphatic heterocycles. The van der Waals surface area contributed by atoms with Crippen LogP contribution in [0.4, 0.5) is 0 Å². The average Bonchev–Trinajstić information content (AvgIpc) is 2.26. The van der Waals surface area contributed by atoms with Crippen LogP contribution in [0.2, 0.25) is 0 Å². The molecule has 2 aromatic rings. The molecule has 0 N–H and O–H groups in total. The first-order valence-electron chi connectivity index (χ1n) is 5.45. The van der Waals surface area contributed by atoms with Gasteiger partial charge in [-0.05, 0) is 38.1 Å². The number of hydrogen-bond donors (Lipinski definition) is 0. The predicted octanol–water partition coefficient (Wildman–Crippen LogP) is 4.30. The lowest BCUT2D eigenvalue weighted by Gasteiger charge is -2.04. The normalized spacial score (nSPS) is 10.3. The van der Waals surface area contributed by atoms with Crippen LogP contribution in [0.15, 0.2) is 46.9 Å². The minimum atomic E-state index is 0.0677. The van der Waals surface area contributed by atoms with Gasteiger partial charge in [0.2, 0.25) is 0 Å². The van der Waals surface area contributed by atoms with Gasteiger partial charge in [0, 0.05) is 15.6 Å². The highest BCUT2D eigenvalue weighted by atomic mass is 79.9. The molecule has 1 nitrogen and oxygen atoms in total. The van der Waals surface area contributed by atoms with Crippen LogP contribution in [-0.2, 0) is 0 Å². The van der Waals surface area contributed by atoms with Gasteiger partial charge >= 0.3 is 0 Å². The predicted molar refractivity (Wildman–Crippen MR) is 73.5 cm³/mol. The third-order valence-electron chi connectivity index (χ3n) is 2.57. The van der Waals surface area contributed by atoms with Gasteiger partial charge in [-0.1, -0.05) is 45.3 Å². The number of aryl methyl sites for hydroxylation is 2. The van der Waals surface area contributed by atoms with E-state index >= 15 is 0 Å². The van der Waals surface area contributed by atoms with Crippen LogP contribution in [0.5, 0.6) is 0 Å². The monoisotopic (exact) mass is 288 g/mol. The Morgan fingerprint density at radius 3 is 2.18 bits per heavy atom. The Morgan fingerprint density at radius 1 is 0.941 bits per heavy atom. The first kappa shape index (κ1) is 12.1. The van der Waals surface area contributed by atoms with Gasteiger partial charge < -0.3 is 0 Å². The molecule has 0 bridgehead atoms. The number of benzene rings is 2. The van der Waals surface area contributed by atoms with E-state index in [1.165, 1.54) is 0 Å². The number of carbonyl (C=O) groups is 1. The van der Waals surface area contributed by atoms with E-state index in [2.05, 4.69) is 22.0 Å². The molecule has 86 valence electrons. The summed E-state index contributed by atoms with van der Waals surface area (Å²) in [6, 6.07) is 13.4. The molecule has 2 aromatic carbocycles. The molecule has 0 spiro atoms. The summed E-state index contributed by atoms with van der Waals surface area (Å²) in [5.74, 6) is 0.0677. The summed E-state index contributed by atoms with van der Waals surface area (Å²) in [6.45, 7) is 4.01. The van der Waals surface area contributed by atoms with Gasteiger partial charge in [-0.15, -0.1) is 0 Å². The molecule has 0 aromatic heterocycles. The summed E-state index contributed by atoms with van der Waals surface area (Å²) < 4.78 is 0.924. The van der Waals surface area contributed by atoms with E-state index < -0.39 is 0 Å². The third kappa shape index (κ3) is 2.83. The third-order valence-corrected chi connectivity index (χ3v) is 3.06. The molecule has 2 rings (SSSR count). The molecule has 0 saturated carbocycles. The molecule has 0 aliphatic carbocycles. The molecule has 0 fully saturated rings. The lowest BCUT2D eigenvalue weighted by Crippen LogP contribution is -2.02. The first-order chi connectivity index (χ1) is 8.06. The second-order valence-electron chi connectivity index (χ2n) is 4.22. The van der Waals surface area contributed by atoms with Gasteiger partial charge in [0.1, 0.15) is 0 Å². The Hall–Kier alpha value is -1.41. The van der Waals surface area contributed by atoms with Crippen LogP contribution >= 0.6 is 15.9 Å². The molecule has 0 aliphatic rings. The van der Waals surface area contributed by atoms with Gasteiger partial charge in [-0.3, -0.25) is 4.79 Å². The standard InChI is InChI=1S/C15H13BrO/c1-10-6-11(2)8-13(7-10)15(17)12-4-3-5-14(16)9-12/h3-9H,1-2H3. The lowest BCUT2D eigenvalue weighted by atomic mass is 10.00. The van der Waals surface area contributed by atoms with Crippen LogP contribution < -0.4 is 0 Å². The van der Waals surface area contributed by atoms with E-state index in [0.29, 0.717) is 5.56 Å². The molecule has 0 unspecified atom stereocenters. The van der Waals surface area contributed by atoms with Gasteiger partial charge in [0.25, 0.3) is 0 Å². The van der Waals surface area contributed by atoms with Crippen LogP contribution in [0, 0.1) is 13.8 Å². The van der Waals surface area contributed by atoms with E-state index in [1.807, 2.05) is 50.2 Å². The van der Waals surface area contributed by atoms with Crippen molar-refractivity contribution in [1.82, 2.24) is 0 Å². The van der Waals surface area contributed by atoms with E-state index in [9.17, 15) is 4.79 Å². The quantitative estimate of drug-likeness (QED) is 0.753. The molecular weight excluding hydrogens is 276 g/mol. The van der Waals surface area contributed by atoms with E-state index in [0.717, 1.165) is 21.2 Å². The van der Waals surface area contributed by atoms with Gasteiger partial charge in [0.05, 0.1) is 0 Å². The maximum absolute atomic E-state index is 12.3. The highest BCUT2D eigenvalue weighted by molar-refractivity contribution is 9.10. The Bertz CT molecular complexity index is 553. The minimum absolute atomic E-state index is 0.0677. The Kier molecular flexibility index (Phi) is 3.43. The number of ketones is 1. The number of rotatable bonds is 2. The van der Waals surface area contributed by atoms with Gasteiger partial charge in [-0.25, -0.2) is 0 Å². The molecule has 0 saturated heterocycles. The largest absolute Gasteiger partial charge is 0.289 e. The zero-order chi connectivity index (χ0) is 12.4. The van der Waals surface area contributed by atoms with Crippen molar-refractivity contribution in [3.05, 3.63) is 69.2 Å². The Morgan fingerprint density at radius 2 is 1.59 bits per heavy atom. The van der Waals surface area contributed by atoms with Crippen molar-refractivity contribution in [3.63, 3.8) is 0 Å². The fraction of sp³-hybridized carbons (Fsp3) is 0.133. The Labute approximate surface area is 110 Å². The average molecular weight is 289 g/mol. The van der Waals surface area contributed by atoms with Crippen molar-refractivity contribution in [3.8, 4) is 0 Å². The smallest absolute Gasteiger partial charge is 0.193 e. The zero-order valence-electron chi connectivity index (χ0n) is 9.83. The summed E-state index contributed by atoms with van der Waals surface area (Å²) in [5.41, 5.74) is 3.69. The highest BCUT2D eigenvalue weighted by Crippen LogP contribution is 2.17. The maximum Gasteiger partial charge on any atom is 0.193 e. The SMILES string of the molecule is Cc1cc(C)cc(C(=O)c2cccc(Br)c2)c1. The van der Waals surface area contributed by atoms with Crippen molar-refractivity contribution in [2.24, 2.45) is 0 Å². The zero-order valence-corrected chi connectivity index (χ0v) is 11.4. The second kappa shape index (κ2) is 4.84. The van der Waals surface area contributed by atoms with Crippen molar-refractivity contribution in [1.29, 1.82) is 0 Å². The van der Waals surface area contributed by atoms with Crippen LogP contribution in [-0.4, -0.2) is 5.78 Å². The minimum Gasteiger partial charge on any atom is -0.289 e. The summed E-state index contributed by atoms with van der Waals surface area (Å²) in [4.78, 5) is 12.3. The lowest BCUT2D eigenvalue weighted by molar-refractivity contribution is 0.103. The van der Waals surface area contributed by atoms with Crippen LogP contribution in [0.3, 0.4) is 0 Å². The summed E-state index contributed by atoms with van der Waals surface area (Å²) in [7, 11) is 0. The Balaban J connectivity index is 2.43. The summed E-state index contributed by atoms with van der Waals surface area (Å²) in [6.07, 6.45) is 0.